The Kier molecular flexibility index (Phi) is 9.45. The topological polar surface area (TPSA) is 120 Å². The Morgan fingerprint density at radius 3 is 2.52 bits per heavy atom. The van der Waals surface area contributed by atoms with E-state index in [2.05, 4.69) is 16.0 Å². The average molecular weight is 675 g/mol. The number of rotatable bonds is 9. The first-order chi connectivity index (χ1) is 22.8. The highest BCUT2D eigenvalue weighted by Gasteiger charge is 2.48. The van der Waals surface area contributed by atoms with Crippen LogP contribution in [0.5, 0.6) is 0 Å². The van der Waals surface area contributed by atoms with Gasteiger partial charge < -0.3 is 19.1 Å². The minimum absolute atomic E-state index is 0.116. The van der Waals surface area contributed by atoms with Crippen molar-refractivity contribution in [2.24, 2.45) is 0 Å². The van der Waals surface area contributed by atoms with Crippen molar-refractivity contribution in [1.82, 2.24) is 9.97 Å². The van der Waals surface area contributed by atoms with Gasteiger partial charge >= 0.3 is 6.09 Å². The number of pyridine rings is 2. The van der Waals surface area contributed by atoms with Gasteiger partial charge in [-0.25, -0.2) is 14.8 Å². The zero-order valence-electron chi connectivity index (χ0n) is 28.0. The molecule has 1 unspecified atom stereocenters. The number of fused-ring (bicyclic) bond motifs is 1. The molecule has 1 amide bonds. The number of aromatic nitrogens is 2. The highest BCUT2D eigenvalue weighted by atomic mass is 32.2. The van der Waals surface area contributed by atoms with Crippen molar-refractivity contribution in [3.8, 4) is 11.3 Å². The van der Waals surface area contributed by atoms with E-state index >= 15 is 0 Å². The molecule has 11 nitrogen and oxygen atoms in total. The number of nitrogens with zero attached hydrogens (tertiary/aromatic N) is 4. The number of benzene rings is 2. The van der Waals surface area contributed by atoms with Gasteiger partial charge in [-0.2, -0.15) is 8.42 Å². The minimum atomic E-state index is -3.96. The monoisotopic (exact) mass is 674 g/mol. The van der Waals surface area contributed by atoms with E-state index in [1.807, 2.05) is 64.1 Å². The van der Waals surface area contributed by atoms with E-state index in [-0.39, 0.29) is 11.5 Å². The van der Waals surface area contributed by atoms with Gasteiger partial charge in [0.25, 0.3) is 10.1 Å². The van der Waals surface area contributed by atoms with E-state index in [1.165, 1.54) is 4.90 Å². The number of ether oxygens (including phenoxy) is 3. The molecule has 0 bridgehead atoms. The SMILES string of the molecule is Cc1ccc(S(=O)(=O)OCC2(OC3CCCCO3)CN(c3ccc4nc(-c5ccnc(N(C)C(=O)OC(C)(C)C)c5)ccc4c3)C2)cc1. The highest BCUT2D eigenvalue weighted by molar-refractivity contribution is 7.86. The Balaban J connectivity index is 1.17. The van der Waals surface area contributed by atoms with Gasteiger partial charge in [0, 0.05) is 36.5 Å². The highest BCUT2D eigenvalue weighted by Crippen LogP contribution is 2.36. The molecule has 2 aliphatic rings. The standard InChI is InChI=1S/C36H42N4O7S/c1-25-9-13-29(14-10-25)48(42,43)45-24-36(46-33-8-6-7-19-44-33)22-40(23-36)28-12-16-31-26(20-28)11-15-30(38-31)27-17-18-37-32(21-27)39(5)34(41)47-35(2,3)4/h9-18,20-21,33H,6-8,19,22-24H2,1-5H3. The van der Waals surface area contributed by atoms with Crippen LogP contribution in [0.15, 0.2) is 77.8 Å². The maximum Gasteiger partial charge on any atom is 0.415 e. The van der Waals surface area contributed by atoms with Crippen molar-refractivity contribution in [1.29, 1.82) is 0 Å². The van der Waals surface area contributed by atoms with Crippen molar-refractivity contribution in [2.45, 2.75) is 69.3 Å². The lowest BCUT2D eigenvalue weighted by atomic mass is 9.93. The number of anilines is 2. The molecule has 12 heteroatoms. The zero-order valence-corrected chi connectivity index (χ0v) is 28.8. The van der Waals surface area contributed by atoms with Crippen LogP contribution in [0.1, 0.15) is 45.6 Å². The number of amides is 1. The van der Waals surface area contributed by atoms with Crippen LogP contribution in [0, 0.1) is 6.92 Å². The summed E-state index contributed by atoms with van der Waals surface area (Å²) in [6.45, 7) is 8.75. The van der Waals surface area contributed by atoms with E-state index in [0.29, 0.717) is 25.5 Å². The second kappa shape index (κ2) is 13.4. The van der Waals surface area contributed by atoms with E-state index in [1.54, 1.807) is 37.5 Å². The van der Waals surface area contributed by atoms with E-state index in [9.17, 15) is 13.2 Å². The van der Waals surface area contributed by atoms with Crippen LogP contribution in [-0.4, -0.2) is 75.3 Å². The summed E-state index contributed by atoms with van der Waals surface area (Å²) in [5.41, 5.74) is 2.83. The normalized spacial score (nSPS) is 17.9. The predicted octanol–water partition coefficient (Wildman–Crippen LogP) is 6.48. The maximum absolute atomic E-state index is 13.0. The summed E-state index contributed by atoms with van der Waals surface area (Å²) >= 11 is 0. The molecule has 0 N–H and O–H groups in total. The van der Waals surface area contributed by atoms with Gasteiger partial charge in [-0.1, -0.05) is 23.8 Å². The molecule has 254 valence electrons. The molecular weight excluding hydrogens is 632 g/mol. The molecule has 2 aromatic carbocycles. The third-order valence-corrected chi connectivity index (χ3v) is 9.63. The third kappa shape index (κ3) is 7.78. The summed E-state index contributed by atoms with van der Waals surface area (Å²) in [6, 6.07) is 20.2. The van der Waals surface area contributed by atoms with Crippen LogP contribution in [0.25, 0.3) is 22.2 Å². The lowest BCUT2D eigenvalue weighted by Gasteiger charge is -2.51. The molecule has 2 aliphatic heterocycles. The van der Waals surface area contributed by atoms with Crippen LogP contribution in [0.4, 0.5) is 16.3 Å². The summed E-state index contributed by atoms with van der Waals surface area (Å²) < 4.78 is 49.4. The van der Waals surface area contributed by atoms with Gasteiger partial charge in [0.15, 0.2) is 6.29 Å². The Morgan fingerprint density at radius 2 is 1.81 bits per heavy atom. The number of carbonyl (C=O) groups excluding carboxylic acids is 1. The Morgan fingerprint density at radius 1 is 1.04 bits per heavy atom. The molecule has 2 fully saturated rings. The summed E-state index contributed by atoms with van der Waals surface area (Å²) in [7, 11) is -2.33. The molecule has 1 atom stereocenters. The average Bonchev–Trinajstić information content (AvgIpc) is 3.05. The summed E-state index contributed by atoms with van der Waals surface area (Å²) in [6.07, 6.45) is 3.49. The van der Waals surface area contributed by atoms with Crippen LogP contribution < -0.4 is 9.80 Å². The lowest BCUT2D eigenvalue weighted by Crippen LogP contribution is -2.67. The maximum atomic E-state index is 13.0. The molecule has 0 aliphatic carbocycles. The van der Waals surface area contributed by atoms with Gasteiger partial charge in [0.1, 0.15) is 17.0 Å². The molecule has 4 heterocycles. The Labute approximate surface area is 281 Å². The fourth-order valence-electron chi connectivity index (χ4n) is 5.73. The number of carbonyl (C=O) groups is 1. The molecule has 4 aromatic rings. The Bertz CT molecular complexity index is 1880. The van der Waals surface area contributed by atoms with Crippen molar-refractivity contribution < 1.29 is 31.6 Å². The van der Waals surface area contributed by atoms with Gasteiger partial charge in [0.05, 0.1) is 35.8 Å². The van der Waals surface area contributed by atoms with Gasteiger partial charge in [-0.15, -0.1) is 0 Å². The van der Waals surface area contributed by atoms with E-state index in [4.69, 9.17) is 23.4 Å². The van der Waals surface area contributed by atoms with Gasteiger partial charge in [-0.3, -0.25) is 9.08 Å². The fourth-order valence-corrected chi connectivity index (χ4v) is 6.70. The van der Waals surface area contributed by atoms with Crippen molar-refractivity contribution in [2.75, 3.05) is 43.2 Å². The number of hydrogen-bond donors (Lipinski definition) is 0. The molecule has 0 radical (unpaired) electrons. The lowest BCUT2D eigenvalue weighted by molar-refractivity contribution is -0.238. The molecule has 2 aromatic heterocycles. The molecular formula is C36H42N4O7S. The summed E-state index contributed by atoms with van der Waals surface area (Å²) in [5, 5.41) is 0.948. The van der Waals surface area contributed by atoms with Crippen LogP contribution >= 0.6 is 0 Å². The quantitative estimate of drug-likeness (QED) is 0.182. The fraction of sp³-hybridized carbons (Fsp3) is 0.417. The molecule has 48 heavy (non-hydrogen) atoms. The smallest absolute Gasteiger partial charge is 0.415 e. The van der Waals surface area contributed by atoms with E-state index in [0.717, 1.165) is 52.7 Å². The summed E-state index contributed by atoms with van der Waals surface area (Å²) in [4.78, 5) is 25.5. The first-order valence-electron chi connectivity index (χ1n) is 16.1. The van der Waals surface area contributed by atoms with Gasteiger partial charge in [-0.05, 0) is 95.5 Å². The number of hydrogen-bond acceptors (Lipinski definition) is 10. The first kappa shape index (κ1) is 33.8. The predicted molar refractivity (Wildman–Crippen MR) is 184 cm³/mol. The summed E-state index contributed by atoms with van der Waals surface area (Å²) in [5.74, 6) is 0.455. The van der Waals surface area contributed by atoms with Crippen molar-refractivity contribution in [3.05, 3.63) is 78.5 Å². The van der Waals surface area contributed by atoms with Crippen LogP contribution in [-0.2, 0) is 28.5 Å². The molecule has 0 spiro atoms. The van der Waals surface area contributed by atoms with Crippen molar-refractivity contribution in [3.63, 3.8) is 0 Å². The van der Waals surface area contributed by atoms with Crippen LogP contribution in [0.2, 0.25) is 0 Å². The molecule has 2 saturated heterocycles. The second-order valence-corrected chi connectivity index (χ2v) is 15.1. The van der Waals surface area contributed by atoms with Crippen LogP contribution in [0.3, 0.4) is 0 Å². The third-order valence-electron chi connectivity index (χ3n) is 8.35. The molecule has 6 rings (SSSR count). The number of aryl methyl sites for hydroxylation is 1. The first-order valence-corrected chi connectivity index (χ1v) is 17.5. The largest absolute Gasteiger partial charge is 0.443 e. The second-order valence-electron chi connectivity index (χ2n) is 13.5. The van der Waals surface area contributed by atoms with E-state index < -0.39 is 33.7 Å². The van der Waals surface area contributed by atoms with Crippen molar-refractivity contribution >= 4 is 38.6 Å². The minimum Gasteiger partial charge on any atom is -0.443 e. The molecule has 0 saturated carbocycles. The zero-order chi connectivity index (χ0) is 34.1. The van der Waals surface area contributed by atoms with Gasteiger partial charge in [0.2, 0.25) is 0 Å². The Hall–Kier alpha value is -4.10.